The second kappa shape index (κ2) is 4.75. The van der Waals surface area contributed by atoms with E-state index in [4.69, 9.17) is 9.31 Å². The van der Waals surface area contributed by atoms with E-state index in [1.165, 1.54) is 6.07 Å². The molecule has 2 nitrogen and oxygen atoms in total. The molecule has 1 heterocycles. The first kappa shape index (κ1) is 15.9. The van der Waals surface area contributed by atoms with Gasteiger partial charge >= 0.3 is 13.3 Å². The summed E-state index contributed by atoms with van der Waals surface area (Å²) in [6, 6.07) is 3.46. The summed E-state index contributed by atoms with van der Waals surface area (Å²) in [4.78, 5) is 0. The zero-order valence-electron chi connectivity index (χ0n) is 11.6. The molecule has 0 radical (unpaired) electrons. The molecule has 20 heavy (non-hydrogen) atoms. The molecule has 1 aliphatic rings. The average molecular weight is 351 g/mol. The fourth-order valence-corrected chi connectivity index (χ4v) is 2.43. The van der Waals surface area contributed by atoms with Crippen molar-refractivity contribution in [2.75, 3.05) is 0 Å². The largest absolute Gasteiger partial charge is 0.495 e. The molecule has 0 saturated carbocycles. The van der Waals surface area contributed by atoms with Crippen LogP contribution in [-0.2, 0) is 15.5 Å². The van der Waals surface area contributed by atoms with Crippen molar-refractivity contribution in [2.45, 2.75) is 45.1 Å². The SMILES string of the molecule is CC1(C)OB(c2ccc(C(F)(F)F)cc2Br)OC1(C)C. The van der Waals surface area contributed by atoms with Gasteiger partial charge in [-0.3, -0.25) is 0 Å². The van der Waals surface area contributed by atoms with Crippen LogP contribution >= 0.6 is 15.9 Å². The van der Waals surface area contributed by atoms with Crippen molar-refractivity contribution in [2.24, 2.45) is 0 Å². The standard InChI is InChI=1S/C13H15BBrF3O2/c1-11(2)12(3,4)20-14(19-11)9-6-5-8(7-10(9)15)13(16,17)18/h5-7H,1-4H3. The summed E-state index contributed by atoms with van der Waals surface area (Å²) in [5.74, 6) is 0. The van der Waals surface area contributed by atoms with Gasteiger partial charge in [-0.2, -0.15) is 13.2 Å². The van der Waals surface area contributed by atoms with E-state index in [-0.39, 0.29) is 0 Å². The van der Waals surface area contributed by atoms with Crippen molar-refractivity contribution < 1.29 is 22.5 Å². The number of alkyl halides is 3. The van der Waals surface area contributed by atoms with Crippen LogP contribution in [0.15, 0.2) is 22.7 Å². The third-order valence-corrected chi connectivity index (χ3v) is 4.52. The smallest absolute Gasteiger partial charge is 0.399 e. The van der Waals surface area contributed by atoms with Crippen LogP contribution in [0.4, 0.5) is 13.2 Å². The third-order valence-electron chi connectivity index (χ3n) is 3.83. The van der Waals surface area contributed by atoms with Gasteiger partial charge in [0.2, 0.25) is 0 Å². The van der Waals surface area contributed by atoms with Crippen LogP contribution in [0.25, 0.3) is 0 Å². The third kappa shape index (κ3) is 2.76. The van der Waals surface area contributed by atoms with Crippen LogP contribution in [-0.4, -0.2) is 18.3 Å². The molecule has 1 fully saturated rings. The summed E-state index contributed by atoms with van der Waals surface area (Å²) >= 11 is 3.16. The molecule has 0 aliphatic carbocycles. The van der Waals surface area contributed by atoms with Gasteiger partial charge in [0, 0.05) is 4.47 Å². The first-order valence-electron chi connectivity index (χ1n) is 6.16. The van der Waals surface area contributed by atoms with Crippen molar-refractivity contribution in [1.29, 1.82) is 0 Å². The number of halogens is 4. The molecule has 2 rings (SSSR count). The van der Waals surface area contributed by atoms with Gasteiger partial charge in [-0.25, -0.2) is 0 Å². The monoisotopic (exact) mass is 350 g/mol. The maximum absolute atomic E-state index is 12.6. The van der Waals surface area contributed by atoms with Crippen LogP contribution in [0.1, 0.15) is 33.3 Å². The van der Waals surface area contributed by atoms with Crippen LogP contribution < -0.4 is 5.46 Å². The van der Waals surface area contributed by atoms with Gasteiger partial charge in [0.05, 0.1) is 16.8 Å². The van der Waals surface area contributed by atoms with Gasteiger partial charge in [-0.1, -0.05) is 28.1 Å². The number of hydrogen-bond acceptors (Lipinski definition) is 2. The number of benzene rings is 1. The molecule has 0 N–H and O–H groups in total. The zero-order valence-corrected chi connectivity index (χ0v) is 13.2. The fraction of sp³-hybridized carbons (Fsp3) is 0.538. The predicted octanol–water partition coefficient (Wildman–Crippen LogP) is 3.77. The normalized spacial score (nSPS) is 21.3. The topological polar surface area (TPSA) is 18.5 Å². The van der Waals surface area contributed by atoms with Gasteiger partial charge in [0.25, 0.3) is 0 Å². The Labute approximate surface area is 124 Å². The first-order chi connectivity index (χ1) is 8.94. The van der Waals surface area contributed by atoms with Crippen LogP contribution in [0.2, 0.25) is 0 Å². The van der Waals surface area contributed by atoms with E-state index >= 15 is 0 Å². The van der Waals surface area contributed by atoms with E-state index in [0.717, 1.165) is 12.1 Å². The minimum absolute atomic E-state index is 0.325. The van der Waals surface area contributed by atoms with Crippen LogP contribution in [0.3, 0.4) is 0 Å². The highest BCUT2D eigenvalue weighted by Crippen LogP contribution is 2.37. The van der Waals surface area contributed by atoms with E-state index in [9.17, 15) is 13.2 Å². The Morgan fingerprint density at radius 1 is 1.05 bits per heavy atom. The fourth-order valence-electron chi connectivity index (χ4n) is 1.86. The van der Waals surface area contributed by atoms with Crippen molar-refractivity contribution in [3.8, 4) is 0 Å². The Morgan fingerprint density at radius 2 is 1.55 bits per heavy atom. The lowest BCUT2D eigenvalue weighted by Gasteiger charge is -2.32. The lowest BCUT2D eigenvalue weighted by atomic mass is 9.79. The van der Waals surface area contributed by atoms with E-state index < -0.39 is 30.1 Å². The second-order valence-corrected chi connectivity index (χ2v) is 6.68. The summed E-state index contributed by atoms with van der Waals surface area (Å²) in [6.45, 7) is 7.58. The molecule has 110 valence electrons. The first-order valence-corrected chi connectivity index (χ1v) is 6.96. The molecular formula is C13H15BBrF3O2. The van der Waals surface area contributed by atoms with Crippen molar-refractivity contribution in [3.05, 3.63) is 28.2 Å². The Hall–Kier alpha value is -0.525. The highest BCUT2D eigenvalue weighted by Gasteiger charge is 2.52. The maximum atomic E-state index is 12.6. The molecule has 0 aromatic heterocycles. The number of hydrogen-bond donors (Lipinski definition) is 0. The van der Waals surface area contributed by atoms with Crippen molar-refractivity contribution in [1.82, 2.24) is 0 Å². The molecule has 1 aromatic rings. The van der Waals surface area contributed by atoms with E-state index in [1.807, 2.05) is 27.7 Å². The van der Waals surface area contributed by atoms with Gasteiger partial charge in [0.15, 0.2) is 0 Å². The molecular weight excluding hydrogens is 336 g/mol. The van der Waals surface area contributed by atoms with Gasteiger partial charge in [-0.05, 0) is 39.2 Å². The summed E-state index contributed by atoms with van der Waals surface area (Å²) in [7, 11) is -0.684. The van der Waals surface area contributed by atoms with Gasteiger partial charge < -0.3 is 9.31 Å². The van der Waals surface area contributed by atoms with Gasteiger partial charge in [-0.15, -0.1) is 0 Å². The van der Waals surface area contributed by atoms with E-state index in [0.29, 0.717) is 9.94 Å². The molecule has 1 aliphatic heterocycles. The molecule has 0 atom stereocenters. The Morgan fingerprint density at radius 3 is 1.95 bits per heavy atom. The summed E-state index contributed by atoms with van der Waals surface area (Å²) < 4.78 is 49.9. The maximum Gasteiger partial charge on any atom is 0.495 e. The number of rotatable bonds is 1. The molecule has 1 aromatic carbocycles. The Balaban J connectivity index is 2.33. The van der Waals surface area contributed by atoms with E-state index in [1.54, 1.807) is 0 Å². The van der Waals surface area contributed by atoms with Crippen LogP contribution in [0, 0.1) is 0 Å². The molecule has 0 spiro atoms. The quantitative estimate of drug-likeness (QED) is 0.718. The summed E-state index contributed by atoms with van der Waals surface area (Å²) in [6.07, 6.45) is -4.36. The lowest BCUT2D eigenvalue weighted by Crippen LogP contribution is -2.41. The average Bonchev–Trinajstić information content (AvgIpc) is 2.46. The molecule has 0 bridgehead atoms. The van der Waals surface area contributed by atoms with Gasteiger partial charge in [0.1, 0.15) is 0 Å². The lowest BCUT2D eigenvalue weighted by molar-refractivity contribution is -0.137. The Kier molecular flexibility index (Phi) is 3.76. The predicted molar refractivity (Wildman–Crippen MR) is 74.9 cm³/mol. The van der Waals surface area contributed by atoms with Crippen molar-refractivity contribution in [3.63, 3.8) is 0 Å². The molecule has 1 saturated heterocycles. The summed E-state index contributed by atoms with van der Waals surface area (Å²) in [5, 5.41) is 0. The second-order valence-electron chi connectivity index (χ2n) is 5.82. The van der Waals surface area contributed by atoms with Crippen molar-refractivity contribution >= 4 is 28.5 Å². The Bertz CT molecular complexity index is 513. The summed E-state index contributed by atoms with van der Waals surface area (Å²) in [5.41, 5.74) is -1.21. The van der Waals surface area contributed by atoms with E-state index in [2.05, 4.69) is 15.9 Å². The highest BCUT2D eigenvalue weighted by atomic mass is 79.9. The minimum Gasteiger partial charge on any atom is -0.399 e. The molecule has 0 unspecified atom stereocenters. The molecule has 0 amide bonds. The molecule has 7 heteroatoms. The zero-order chi connectivity index (χ0) is 15.3. The minimum atomic E-state index is -4.36. The van der Waals surface area contributed by atoms with Crippen LogP contribution in [0.5, 0.6) is 0 Å². The highest BCUT2D eigenvalue weighted by molar-refractivity contribution is 9.10.